The van der Waals surface area contributed by atoms with Crippen molar-refractivity contribution >= 4 is 13.6 Å². The average Bonchev–Trinajstić information content (AvgIpc) is 1.85. The monoisotopic (exact) mass is 195 g/mol. The molecule has 5 N–H and O–H groups in total. The van der Waals surface area contributed by atoms with Crippen molar-refractivity contribution in [2.24, 2.45) is 5.73 Å². The van der Waals surface area contributed by atoms with Crippen LogP contribution in [0.25, 0.3) is 0 Å². The van der Waals surface area contributed by atoms with Crippen molar-refractivity contribution in [1.29, 1.82) is 0 Å². The lowest BCUT2D eigenvalue weighted by Gasteiger charge is -2.09. The number of carboxylic acid groups (broad SMARTS) is 1. The average molecular weight is 195 g/mol. The second-order valence-electron chi connectivity index (χ2n) is 2.26. The third-order valence-corrected chi connectivity index (χ3v) is 2.19. The van der Waals surface area contributed by atoms with Crippen molar-refractivity contribution in [2.45, 2.75) is 12.5 Å². The van der Waals surface area contributed by atoms with Gasteiger partial charge in [0, 0.05) is 11.7 Å². The topological polar surface area (TPSA) is 121 Å². The highest BCUT2D eigenvalue weighted by molar-refractivity contribution is 7.56. The van der Waals surface area contributed by atoms with Crippen LogP contribution in [0.3, 0.4) is 0 Å². The summed E-state index contributed by atoms with van der Waals surface area (Å²) >= 11 is 0. The Hall–Kier alpha value is -0.680. The molecule has 0 rings (SSSR count). The van der Waals surface area contributed by atoms with Gasteiger partial charge in [0.25, 0.3) is 0 Å². The minimum atomic E-state index is -4.39. The first-order chi connectivity index (χ1) is 5.25. The van der Waals surface area contributed by atoms with E-state index in [2.05, 4.69) is 6.58 Å². The summed E-state index contributed by atoms with van der Waals surface area (Å²) in [4.78, 5) is 27.1. The van der Waals surface area contributed by atoms with E-state index in [9.17, 15) is 9.36 Å². The normalized spacial score (nSPS) is 13.9. The Labute approximate surface area is 68.9 Å². The molecule has 0 heterocycles. The molecule has 0 aliphatic heterocycles. The van der Waals surface area contributed by atoms with Crippen LogP contribution in [0.5, 0.6) is 0 Å². The van der Waals surface area contributed by atoms with E-state index in [1.165, 1.54) is 0 Å². The molecular formula is C5H10NO5P. The lowest BCUT2D eigenvalue weighted by Crippen LogP contribution is -2.30. The van der Waals surface area contributed by atoms with Gasteiger partial charge in [-0.1, -0.05) is 6.58 Å². The Balaban J connectivity index is 4.21. The van der Waals surface area contributed by atoms with Crippen LogP contribution in [0.2, 0.25) is 0 Å². The zero-order valence-electron chi connectivity index (χ0n) is 6.17. The van der Waals surface area contributed by atoms with Crippen molar-refractivity contribution in [2.75, 3.05) is 0 Å². The fraction of sp³-hybridized carbons (Fsp3) is 0.400. The van der Waals surface area contributed by atoms with Gasteiger partial charge in [0.2, 0.25) is 0 Å². The lowest BCUT2D eigenvalue weighted by atomic mass is 10.2. The van der Waals surface area contributed by atoms with E-state index < -0.39 is 31.3 Å². The molecule has 0 saturated carbocycles. The second kappa shape index (κ2) is 3.82. The molecule has 0 spiro atoms. The number of carboxylic acids is 1. The Morgan fingerprint density at radius 3 is 2.25 bits per heavy atom. The van der Waals surface area contributed by atoms with Gasteiger partial charge in [0.15, 0.2) is 0 Å². The molecule has 7 heteroatoms. The highest BCUT2D eigenvalue weighted by Crippen LogP contribution is 2.45. The molecule has 0 fully saturated rings. The zero-order valence-corrected chi connectivity index (χ0v) is 7.07. The molecule has 0 aliphatic carbocycles. The summed E-state index contributed by atoms with van der Waals surface area (Å²) in [5.74, 6) is -1.32. The molecule has 0 saturated heterocycles. The molecular weight excluding hydrogens is 185 g/mol. The number of carbonyl (C=O) groups is 1. The first-order valence-corrected chi connectivity index (χ1v) is 4.58. The third-order valence-electron chi connectivity index (χ3n) is 1.18. The van der Waals surface area contributed by atoms with E-state index in [1.54, 1.807) is 0 Å². The summed E-state index contributed by atoms with van der Waals surface area (Å²) in [6.45, 7) is 3.04. The molecule has 12 heavy (non-hydrogen) atoms. The Bertz CT molecular complexity index is 244. The maximum absolute atomic E-state index is 10.4. The van der Waals surface area contributed by atoms with Gasteiger partial charge in [-0.2, -0.15) is 0 Å². The Kier molecular flexibility index (Phi) is 3.60. The molecule has 6 nitrogen and oxygen atoms in total. The number of nitrogens with two attached hydrogens (primary N) is 1. The van der Waals surface area contributed by atoms with Crippen molar-refractivity contribution < 1.29 is 24.3 Å². The predicted molar refractivity (Wildman–Crippen MR) is 41.4 cm³/mol. The van der Waals surface area contributed by atoms with E-state index in [4.69, 9.17) is 20.6 Å². The van der Waals surface area contributed by atoms with E-state index >= 15 is 0 Å². The lowest BCUT2D eigenvalue weighted by molar-refractivity contribution is -0.138. The molecule has 0 aromatic carbocycles. The van der Waals surface area contributed by atoms with Crippen molar-refractivity contribution in [1.82, 2.24) is 0 Å². The molecule has 0 aromatic rings. The Morgan fingerprint density at radius 2 is 2.00 bits per heavy atom. The molecule has 0 radical (unpaired) electrons. The highest BCUT2D eigenvalue weighted by atomic mass is 31.2. The summed E-state index contributed by atoms with van der Waals surface area (Å²) in [6, 6.07) is -1.31. The largest absolute Gasteiger partial charge is 0.480 e. The summed E-state index contributed by atoms with van der Waals surface area (Å²) in [6.07, 6.45) is -0.417. The van der Waals surface area contributed by atoms with Gasteiger partial charge in [-0.05, 0) is 0 Å². The molecule has 0 amide bonds. The van der Waals surface area contributed by atoms with Gasteiger partial charge >= 0.3 is 13.6 Å². The zero-order chi connectivity index (χ0) is 9.94. The number of rotatable bonds is 4. The van der Waals surface area contributed by atoms with Crippen LogP contribution >= 0.6 is 7.60 Å². The van der Waals surface area contributed by atoms with E-state index in [-0.39, 0.29) is 0 Å². The fourth-order valence-electron chi connectivity index (χ4n) is 0.460. The van der Waals surface area contributed by atoms with E-state index in [1.807, 2.05) is 0 Å². The SMILES string of the molecule is C=C(CC(N)C(=O)O)P(=O)(O)O. The predicted octanol–water partition coefficient (Wildman–Crippen LogP) is -0.520. The minimum Gasteiger partial charge on any atom is -0.480 e. The number of hydrogen-bond donors (Lipinski definition) is 4. The summed E-state index contributed by atoms with van der Waals surface area (Å²) in [5, 5.41) is 7.82. The molecule has 0 aromatic heterocycles. The quantitative estimate of drug-likeness (QED) is 0.448. The van der Waals surface area contributed by atoms with Crippen LogP contribution in [0.15, 0.2) is 11.9 Å². The van der Waals surface area contributed by atoms with Gasteiger partial charge in [0.1, 0.15) is 6.04 Å². The van der Waals surface area contributed by atoms with Crippen LogP contribution in [0, 0.1) is 0 Å². The smallest absolute Gasteiger partial charge is 0.351 e. The van der Waals surface area contributed by atoms with Crippen LogP contribution < -0.4 is 5.73 Å². The van der Waals surface area contributed by atoms with Crippen LogP contribution in [0.4, 0.5) is 0 Å². The first kappa shape index (κ1) is 11.3. The van der Waals surface area contributed by atoms with Crippen molar-refractivity contribution in [3.05, 3.63) is 11.9 Å². The van der Waals surface area contributed by atoms with Gasteiger partial charge in [0.05, 0.1) is 0 Å². The summed E-state index contributed by atoms with van der Waals surface area (Å²) in [5.41, 5.74) is 5.01. The maximum atomic E-state index is 10.4. The Morgan fingerprint density at radius 1 is 1.58 bits per heavy atom. The fourth-order valence-corrected chi connectivity index (χ4v) is 0.895. The number of hydrogen-bond acceptors (Lipinski definition) is 3. The molecule has 0 aliphatic rings. The molecule has 1 atom stereocenters. The highest BCUT2D eigenvalue weighted by Gasteiger charge is 2.23. The molecule has 70 valence electrons. The van der Waals surface area contributed by atoms with Gasteiger partial charge in [-0.3, -0.25) is 9.36 Å². The van der Waals surface area contributed by atoms with Crippen molar-refractivity contribution in [3.8, 4) is 0 Å². The number of aliphatic carboxylic acids is 1. The minimum absolute atomic E-state index is 0.417. The van der Waals surface area contributed by atoms with Crippen LogP contribution in [-0.2, 0) is 9.36 Å². The van der Waals surface area contributed by atoms with E-state index in [0.29, 0.717) is 0 Å². The first-order valence-electron chi connectivity index (χ1n) is 2.97. The molecule has 0 bridgehead atoms. The van der Waals surface area contributed by atoms with Crippen molar-refractivity contribution in [3.63, 3.8) is 0 Å². The second-order valence-corrected chi connectivity index (χ2v) is 3.98. The molecule has 1 unspecified atom stereocenters. The standard InChI is InChI=1S/C5H10NO5P/c1-3(12(9,10)11)2-4(6)5(7)8/h4H,1-2,6H2,(H,7,8)(H2,9,10,11). The van der Waals surface area contributed by atoms with Crippen LogP contribution in [0.1, 0.15) is 6.42 Å². The third kappa shape index (κ3) is 3.64. The summed E-state index contributed by atoms with van der Waals surface area (Å²) in [7, 11) is -4.39. The van der Waals surface area contributed by atoms with Gasteiger partial charge in [-0.15, -0.1) is 0 Å². The van der Waals surface area contributed by atoms with Crippen LogP contribution in [-0.4, -0.2) is 26.9 Å². The summed E-state index contributed by atoms with van der Waals surface area (Å²) < 4.78 is 10.4. The van der Waals surface area contributed by atoms with E-state index in [0.717, 1.165) is 0 Å². The van der Waals surface area contributed by atoms with Gasteiger partial charge < -0.3 is 20.6 Å². The van der Waals surface area contributed by atoms with Gasteiger partial charge in [-0.25, -0.2) is 0 Å². The maximum Gasteiger partial charge on any atom is 0.351 e.